The predicted molar refractivity (Wildman–Crippen MR) is 124 cm³/mol. The summed E-state index contributed by atoms with van der Waals surface area (Å²) < 4.78 is 5.49. The van der Waals surface area contributed by atoms with E-state index in [1.807, 2.05) is 25.1 Å². The van der Waals surface area contributed by atoms with E-state index >= 15 is 0 Å². The fourth-order valence-electron chi connectivity index (χ4n) is 3.51. The molecule has 30 heavy (non-hydrogen) atoms. The van der Waals surface area contributed by atoms with Crippen molar-refractivity contribution in [2.75, 3.05) is 51.8 Å². The highest BCUT2D eigenvalue weighted by Crippen LogP contribution is 2.22. The third kappa shape index (κ3) is 8.50. The van der Waals surface area contributed by atoms with Crippen LogP contribution in [0, 0.1) is 12.8 Å². The fourth-order valence-corrected chi connectivity index (χ4v) is 3.79. The maximum absolute atomic E-state index is 12.2. The Kier molecular flexibility index (Phi) is 10.4. The minimum atomic E-state index is -0.0882. The van der Waals surface area contributed by atoms with E-state index < -0.39 is 0 Å². The molecule has 7 nitrogen and oxygen atoms in total. The van der Waals surface area contributed by atoms with Crippen LogP contribution in [-0.4, -0.2) is 69.2 Å². The number of benzene rings is 1. The molecular weight excluding hydrogens is 402 g/mol. The molecule has 1 aliphatic heterocycles. The molecule has 1 heterocycles. The van der Waals surface area contributed by atoms with Gasteiger partial charge in [-0.15, -0.1) is 0 Å². The lowest BCUT2D eigenvalue weighted by atomic mass is 10.0. The van der Waals surface area contributed by atoms with Crippen LogP contribution in [0.2, 0.25) is 5.02 Å². The number of hydrogen-bond donors (Lipinski definition) is 3. The molecule has 1 saturated heterocycles. The Labute approximate surface area is 185 Å². The van der Waals surface area contributed by atoms with Gasteiger partial charge in [-0.1, -0.05) is 31.5 Å². The molecular formula is C22H36ClN5O2. The molecule has 2 rings (SSSR count). The van der Waals surface area contributed by atoms with Gasteiger partial charge in [-0.3, -0.25) is 14.7 Å². The van der Waals surface area contributed by atoms with E-state index in [9.17, 15) is 4.79 Å². The van der Waals surface area contributed by atoms with Crippen LogP contribution in [0.1, 0.15) is 32.3 Å². The lowest BCUT2D eigenvalue weighted by Gasteiger charge is -2.35. The van der Waals surface area contributed by atoms with E-state index in [1.165, 1.54) is 0 Å². The summed E-state index contributed by atoms with van der Waals surface area (Å²) in [5, 5.41) is 10.0. The molecule has 1 atom stereocenters. The van der Waals surface area contributed by atoms with Gasteiger partial charge in [-0.25, -0.2) is 0 Å². The Hall–Kier alpha value is -1.83. The van der Waals surface area contributed by atoms with Crippen molar-refractivity contribution in [3.05, 3.63) is 28.8 Å². The largest absolute Gasteiger partial charge is 0.379 e. The van der Waals surface area contributed by atoms with Gasteiger partial charge in [0, 0.05) is 45.7 Å². The van der Waals surface area contributed by atoms with Gasteiger partial charge in [0.1, 0.15) is 0 Å². The zero-order valence-electron chi connectivity index (χ0n) is 18.6. The molecule has 1 fully saturated rings. The Bertz CT molecular complexity index is 705. The van der Waals surface area contributed by atoms with Crippen LogP contribution in [-0.2, 0) is 9.53 Å². The summed E-state index contributed by atoms with van der Waals surface area (Å²) >= 11 is 6.18. The van der Waals surface area contributed by atoms with Crippen molar-refractivity contribution in [1.29, 1.82) is 0 Å². The van der Waals surface area contributed by atoms with Crippen LogP contribution in [0.3, 0.4) is 0 Å². The van der Waals surface area contributed by atoms with Gasteiger partial charge < -0.3 is 20.7 Å². The predicted octanol–water partition coefficient (Wildman–Crippen LogP) is 2.89. The Morgan fingerprint density at radius 1 is 1.27 bits per heavy atom. The first-order valence-electron chi connectivity index (χ1n) is 10.7. The van der Waals surface area contributed by atoms with Gasteiger partial charge in [-0.2, -0.15) is 0 Å². The van der Waals surface area contributed by atoms with Gasteiger partial charge in [0.25, 0.3) is 0 Å². The Morgan fingerprint density at radius 3 is 2.63 bits per heavy atom. The number of ether oxygens (including phenoxy) is 1. The SMILES string of the molecule is CN=C(NCCC(=O)Nc1ccc(C)cc1Cl)NCC(CC(C)C)N1CCOCC1. The standard InChI is InChI=1S/C22H36ClN5O2/c1-16(2)13-18(28-9-11-30-12-10-28)15-26-22(24-4)25-8-7-21(29)27-20-6-5-17(3)14-19(20)23/h5-6,14,16,18H,7-13,15H2,1-4H3,(H,27,29)(H2,24,25,26). The summed E-state index contributed by atoms with van der Waals surface area (Å²) in [7, 11) is 1.74. The van der Waals surface area contributed by atoms with E-state index in [1.54, 1.807) is 7.05 Å². The van der Waals surface area contributed by atoms with Crippen molar-refractivity contribution in [3.63, 3.8) is 0 Å². The first-order valence-corrected chi connectivity index (χ1v) is 11.1. The third-order valence-electron chi connectivity index (χ3n) is 5.08. The molecule has 0 radical (unpaired) electrons. The number of amides is 1. The van der Waals surface area contributed by atoms with Crippen molar-refractivity contribution >= 4 is 29.2 Å². The van der Waals surface area contributed by atoms with Crippen LogP contribution in [0.5, 0.6) is 0 Å². The van der Waals surface area contributed by atoms with Crippen LogP contribution >= 0.6 is 11.6 Å². The average Bonchev–Trinajstić information content (AvgIpc) is 2.72. The second-order valence-corrected chi connectivity index (χ2v) is 8.50. The minimum Gasteiger partial charge on any atom is -0.379 e. The molecule has 8 heteroatoms. The van der Waals surface area contributed by atoms with E-state index in [0.717, 1.165) is 44.8 Å². The van der Waals surface area contributed by atoms with E-state index in [-0.39, 0.29) is 5.91 Å². The van der Waals surface area contributed by atoms with Gasteiger partial charge in [0.15, 0.2) is 5.96 Å². The summed E-state index contributed by atoms with van der Waals surface area (Å²) in [6.07, 6.45) is 1.44. The molecule has 168 valence electrons. The average molecular weight is 438 g/mol. The number of halogens is 1. The summed E-state index contributed by atoms with van der Waals surface area (Å²) in [5.41, 5.74) is 1.69. The number of aliphatic imine (C=N–C) groups is 1. The number of anilines is 1. The molecule has 0 bridgehead atoms. The van der Waals surface area contributed by atoms with Crippen molar-refractivity contribution < 1.29 is 9.53 Å². The van der Waals surface area contributed by atoms with Crippen molar-refractivity contribution in [2.45, 2.75) is 39.7 Å². The van der Waals surface area contributed by atoms with E-state index in [2.05, 4.69) is 39.7 Å². The van der Waals surface area contributed by atoms with Gasteiger partial charge in [0.2, 0.25) is 5.91 Å². The lowest BCUT2D eigenvalue weighted by Crippen LogP contribution is -2.51. The summed E-state index contributed by atoms with van der Waals surface area (Å²) in [4.78, 5) is 19.0. The number of carbonyl (C=O) groups excluding carboxylic acids is 1. The molecule has 0 saturated carbocycles. The summed E-state index contributed by atoms with van der Waals surface area (Å²) in [6, 6.07) is 6.01. The molecule has 0 spiro atoms. The molecule has 0 aliphatic carbocycles. The van der Waals surface area contributed by atoms with Crippen molar-refractivity contribution in [3.8, 4) is 0 Å². The van der Waals surface area contributed by atoms with Crippen LogP contribution in [0.15, 0.2) is 23.2 Å². The zero-order valence-corrected chi connectivity index (χ0v) is 19.4. The number of nitrogens with one attached hydrogen (secondary N) is 3. The smallest absolute Gasteiger partial charge is 0.226 e. The van der Waals surface area contributed by atoms with Crippen LogP contribution in [0.4, 0.5) is 5.69 Å². The first-order chi connectivity index (χ1) is 14.4. The molecule has 1 aliphatic rings. The minimum absolute atomic E-state index is 0.0882. The van der Waals surface area contributed by atoms with Crippen molar-refractivity contribution in [2.24, 2.45) is 10.9 Å². The van der Waals surface area contributed by atoms with E-state index in [4.69, 9.17) is 16.3 Å². The fraction of sp³-hybridized carbons (Fsp3) is 0.636. The van der Waals surface area contributed by atoms with Gasteiger partial charge in [0.05, 0.1) is 23.9 Å². The zero-order chi connectivity index (χ0) is 21.9. The molecule has 3 N–H and O–H groups in total. The summed E-state index contributed by atoms with van der Waals surface area (Å²) in [5.74, 6) is 1.24. The molecule has 0 aromatic heterocycles. The number of rotatable bonds is 9. The number of guanidine groups is 1. The number of carbonyl (C=O) groups is 1. The topological polar surface area (TPSA) is 78.0 Å². The van der Waals surface area contributed by atoms with Gasteiger partial charge in [-0.05, 0) is 37.0 Å². The maximum atomic E-state index is 12.2. The summed E-state index contributed by atoms with van der Waals surface area (Å²) in [6.45, 7) is 11.3. The highest BCUT2D eigenvalue weighted by Gasteiger charge is 2.22. The monoisotopic (exact) mass is 437 g/mol. The van der Waals surface area contributed by atoms with Crippen LogP contribution in [0.25, 0.3) is 0 Å². The van der Waals surface area contributed by atoms with Gasteiger partial charge >= 0.3 is 0 Å². The number of aryl methyl sites for hydroxylation is 1. The second-order valence-electron chi connectivity index (χ2n) is 8.09. The first kappa shape index (κ1) is 24.4. The second kappa shape index (κ2) is 12.8. The van der Waals surface area contributed by atoms with E-state index in [0.29, 0.717) is 41.6 Å². The third-order valence-corrected chi connectivity index (χ3v) is 5.39. The molecule has 1 aromatic carbocycles. The molecule has 1 amide bonds. The Morgan fingerprint density at radius 2 is 2.00 bits per heavy atom. The highest BCUT2D eigenvalue weighted by molar-refractivity contribution is 6.33. The normalized spacial score (nSPS) is 16.4. The number of nitrogens with zero attached hydrogens (tertiary/aromatic N) is 2. The maximum Gasteiger partial charge on any atom is 0.226 e. The van der Waals surface area contributed by atoms with Crippen LogP contribution < -0.4 is 16.0 Å². The lowest BCUT2D eigenvalue weighted by molar-refractivity contribution is -0.116. The quantitative estimate of drug-likeness (QED) is 0.409. The number of hydrogen-bond acceptors (Lipinski definition) is 4. The molecule has 1 aromatic rings. The number of morpholine rings is 1. The van der Waals surface area contributed by atoms with Crippen molar-refractivity contribution in [1.82, 2.24) is 15.5 Å². The molecule has 1 unspecified atom stereocenters. The highest BCUT2D eigenvalue weighted by atomic mass is 35.5. The Balaban J connectivity index is 1.76.